The molecule has 1 aliphatic heterocycles. The Morgan fingerprint density at radius 1 is 1.29 bits per heavy atom. The zero-order chi connectivity index (χ0) is 17.4. The quantitative estimate of drug-likeness (QED) is 0.807. The molecule has 2 atom stereocenters. The van der Waals surface area contributed by atoms with Gasteiger partial charge in [-0.2, -0.15) is 0 Å². The van der Waals surface area contributed by atoms with Crippen molar-refractivity contribution in [2.24, 2.45) is 5.92 Å². The number of piperidine rings is 1. The van der Waals surface area contributed by atoms with Crippen LogP contribution in [-0.2, 0) is 9.59 Å². The van der Waals surface area contributed by atoms with E-state index in [1.54, 1.807) is 0 Å². The van der Waals surface area contributed by atoms with Gasteiger partial charge in [-0.15, -0.1) is 0 Å². The summed E-state index contributed by atoms with van der Waals surface area (Å²) < 4.78 is 0. The Labute approximate surface area is 144 Å². The summed E-state index contributed by atoms with van der Waals surface area (Å²) in [6.45, 7) is 6.05. The van der Waals surface area contributed by atoms with Crippen LogP contribution in [0.15, 0.2) is 30.3 Å². The molecule has 2 unspecified atom stereocenters. The van der Waals surface area contributed by atoms with Gasteiger partial charge in [0.2, 0.25) is 11.8 Å². The van der Waals surface area contributed by atoms with Gasteiger partial charge in [0.1, 0.15) is 0 Å². The number of rotatable bonds is 7. The molecule has 0 bridgehead atoms. The number of hydrogen-bond acceptors (Lipinski definition) is 3. The molecule has 2 rings (SSSR count). The van der Waals surface area contributed by atoms with Crippen LogP contribution in [0.1, 0.15) is 39.5 Å². The van der Waals surface area contributed by atoms with Crippen molar-refractivity contribution in [1.82, 2.24) is 10.2 Å². The number of likely N-dealkylation sites (tertiary alicyclic amines) is 1. The summed E-state index contributed by atoms with van der Waals surface area (Å²) in [7, 11) is 0. The molecule has 1 fully saturated rings. The summed E-state index contributed by atoms with van der Waals surface area (Å²) in [5, 5.41) is 6.00. The van der Waals surface area contributed by atoms with E-state index in [4.69, 9.17) is 0 Å². The van der Waals surface area contributed by atoms with Crippen LogP contribution in [0.3, 0.4) is 0 Å². The van der Waals surface area contributed by atoms with Crippen molar-refractivity contribution in [3.05, 3.63) is 30.3 Å². The van der Waals surface area contributed by atoms with Crippen LogP contribution in [0.4, 0.5) is 5.69 Å². The van der Waals surface area contributed by atoms with E-state index in [0.717, 1.165) is 37.9 Å². The Bertz CT molecular complexity index is 533. The number of hydrogen-bond donors (Lipinski definition) is 2. The van der Waals surface area contributed by atoms with Crippen molar-refractivity contribution in [2.45, 2.75) is 45.6 Å². The van der Waals surface area contributed by atoms with E-state index in [9.17, 15) is 9.59 Å². The Kier molecular flexibility index (Phi) is 7.25. The fourth-order valence-corrected chi connectivity index (χ4v) is 3.21. The summed E-state index contributed by atoms with van der Waals surface area (Å²) in [5.74, 6) is 0.0468. The average Bonchev–Trinajstić information content (AvgIpc) is 2.56. The molecule has 0 aromatic heterocycles. The molecule has 1 aromatic carbocycles. The molecule has 5 nitrogen and oxygen atoms in total. The Morgan fingerprint density at radius 3 is 2.75 bits per heavy atom. The summed E-state index contributed by atoms with van der Waals surface area (Å²) >= 11 is 0. The van der Waals surface area contributed by atoms with Gasteiger partial charge in [-0.1, -0.05) is 31.5 Å². The van der Waals surface area contributed by atoms with Gasteiger partial charge < -0.3 is 10.6 Å². The standard InChI is InChI=1S/C19H29N3O2/c1-3-8-15(2)20-18(23)14-22-12-7-9-16(13-22)19(24)21-17-10-5-4-6-11-17/h4-6,10-11,15-16H,3,7-9,12-14H2,1-2H3,(H,20,23)(H,21,24). The molecule has 132 valence electrons. The van der Waals surface area contributed by atoms with Gasteiger partial charge in [0.05, 0.1) is 12.5 Å². The van der Waals surface area contributed by atoms with Crippen LogP contribution >= 0.6 is 0 Å². The Balaban J connectivity index is 1.80. The van der Waals surface area contributed by atoms with Gasteiger partial charge >= 0.3 is 0 Å². The molecule has 1 saturated heterocycles. The van der Waals surface area contributed by atoms with Crippen molar-refractivity contribution in [1.29, 1.82) is 0 Å². The third kappa shape index (κ3) is 5.96. The Morgan fingerprint density at radius 2 is 2.04 bits per heavy atom. The Hall–Kier alpha value is -1.88. The lowest BCUT2D eigenvalue weighted by molar-refractivity contribution is -0.126. The number of para-hydroxylation sites is 1. The fraction of sp³-hybridized carbons (Fsp3) is 0.579. The molecule has 0 spiro atoms. The average molecular weight is 331 g/mol. The van der Waals surface area contributed by atoms with E-state index in [1.165, 1.54) is 0 Å². The number of anilines is 1. The number of benzene rings is 1. The molecule has 24 heavy (non-hydrogen) atoms. The molecule has 2 N–H and O–H groups in total. The topological polar surface area (TPSA) is 61.4 Å². The summed E-state index contributed by atoms with van der Waals surface area (Å²) in [4.78, 5) is 26.6. The van der Waals surface area contributed by atoms with Crippen molar-refractivity contribution in [3.8, 4) is 0 Å². The van der Waals surface area contributed by atoms with E-state index < -0.39 is 0 Å². The van der Waals surface area contributed by atoms with Gasteiger partial charge in [-0.3, -0.25) is 14.5 Å². The SMILES string of the molecule is CCCC(C)NC(=O)CN1CCCC(C(=O)Nc2ccccc2)C1. The van der Waals surface area contributed by atoms with Crippen LogP contribution in [-0.4, -0.2) is 42.4 Å². The highest BCUT2D eigenvalue weighted by Crippen LogP contribution is 2.18. The molecule has 1 aliphatic rings. The lowest BCUT2D eigenvalue weighted by Gasteiger charge is -2.31. The smallest absolute Gasteiger partial charge is 0.234 e. The largest absolute Gasteiger partial charge is 0.353 e. The zero-order valence-electron chi connectivity index (χ0n) is 14.8. The second kappa shape index (κ2) is 9.42. The van der Waals surface area contributed by atoms with Crippen molar-refractivity contribution < 1.29 is 9.59 Å². The minimum atomic E-state index is -0.0557. The lowest BCUT2D eigenvalue weighted by atomic mass is 9.97. The maximum atomic E-state index is 12.4. The van der Waals surface area contributed by atoms with Crippen LogP contribution in [0.5, 0.6) is 0 Å². The van der Waals surface area contributed by atoms with Crippen LogP contribution < -0.4 is 10.6 Å². The van der Waals surface area contributed by atoms with Crippen LogP contribution in [0.2, 0.25) is 0 Å². The van der Waals surface area contributed by atoms with E-state index in [2.05, 4.69) is 22.5 Å². The first-order valence-corrected chi connectivity index (χ1v) is 8.96. The summed E-state index contributed by atoms with van der Waals surface area (Å²) in [5.41, 5.74) is 0.825. The first kappa shape index (κ1) is 18.5. The van der Waals surface area contributed by atoms with Gasteiger partial charge in [0.25, 0.3) is 0 Å². The molecule has 5 heteroatoms. The van der Waals surface area contributed by atoms with E-state index in [-0.39, 0.29) is 23.8 Å². The molecular weight excluding hydrogens is 302 g/mol. The fourth-order valence-electron chi connectivity index (χ4n) is 3.21. The summed E-state index contributed by atoms with van der Waals surface area (Å²) in [6.07, 6.45) is 3.88. The van der Waals surface area contributed by atoms with Crippen LogP contribution in [0, 0.1) is 5.92 Å². The number of amides is 2. The second-order valence-corrected chi connectivity index (χ2v) is 6.69. The van der Waals surface area contributed by atoms with Crippen molar-refractivity contribution in [3.63, 3.8) is 0 Å². The van der Waals surface area contributed by atoms with Gasteiger partial charge in [-0.25, -0.2) is 0 Å². The van der Waals surface area contributed by atoms with Crippen molar-refractivity contribution >= 4 is 17.5 Å². The van der Waals surface area contributed by atoms with E-state index in [1.807, 2.05) is 37.3 Å². The highest BCUT2D eigenvalue weighted by molar-refractivity contribution is 5.92. The highest BCUT2D eigenvalue weighted by atomic mass is 16.2. The molecule has 0 aliphatic carbocycles. The van der Waals surface area contributed by atoms with Crippen molar-refractivity contribution in [2.75, 3.05) is 25.0 Å². The third-order valence-corrected chi connectivity index (χ3v) is 4.41. The molecule has 0 radical (unpaired) electrons. The monoisotopic (exact) mass is 331 g/mol. The predicted octanol–water partition coefficient (Wildman–Crippen LogP) is 2.64. The number of nitrogens with one attached hydrogen (secondary N) is 2. The normalized spacial score (nSPS) is 19.5. The predicted molar refractivity (Wildman–Crippen MR) is 96.7 cm³/mol. The minimum Gasteiger partial charge on any atom is -0.353 e. The molecule has 2 amide bonds. The van der Waals surface area contributed by atoms with Gasteiger partial charge in [0.15, 0.2) is 0 Å². The molecule has 1 aromatic rings. The highest BCUT2D eigenvalue weighted by Gasteiger charge is 2.27. The van der Waals surface area contributed by atoms with E-state index in [0.29, 0.717) is 13.1 Å². The lowest BCUT2D eigenvalue weighted by Crippen LogP contribution is -2.46. The van der Waals surface area contributed by atoms with Crippen LogP contribution in [0.25, 0.3) is 0 Å². The maximum absolute atomic E-state index is 12.4. The van der Waals surface area contributed by atoms with Gasteiger partial charge in [0, 0.05) is 18.3 Å². The maximum Gasteiger partial charge on any atom is 0.234 e. The first-order chi connectivity index (χ1) is 11.6. The number of carbonyl (C=O) groups excluding carboxylic acids is 2. The second-order valence-electron chi connectivity index (χ2n) is 6.69. The number of carbonyl (C=O) groups is 2. The first-order valence-electron chi connectivity index (χ1n) is 8.96. The molecule has 1 heterocycles. The van der Waals surface area contributed by atoms with E-state index >= 15 is 0 Å². The minimum absolute atomic E-state index is 0.0469. The molecule has 0 saturated carbocycles. The number of nitrogens with zero attached hydrogens (tertiary/aromatic N) is 1. The summed E-state index contributed by atoms with van der Waals surface area (Å²) in [6, 6.07) is 9.73. The molecular formula is C19H29N3O2. The zero-order valence-corrected chi connectivity index (χ0v) is 14.8. The van der Waals surface area contributed by atoms with Gasteiger partial charge in [-0.05, 0) is 44.9 Å². The third-order valence-electron chi connectivity index (χ3n) is 4.41.